The summed E-state index contributed by atoms with van der Waals surface area (Å²) in [7, 11) is 1.32. The molecular weight excluding hydrogens is 389 g/mol. The summed E-state index contributed by atoms with van der Waals surface area (Å²) in [5.41, 5.74) is 0.241. The fourth-order valence-corrected chi connectivity index (χ4v) is 4.61. The van der Waals surface area contributed by atoms with Crippen LogP contribution in [0.3, 0.4) is 0 Å². The van der Waals surface area contributed by atoms with Crippen LogP contribution in [0.1, 0.15) is 28.8 Å². The number of thioether (sulfide) groups is 1. The van der Waals surface area contributed by atoms with Crippen LogP contribution in [0, 0.1) is 0 Å². The monoisotopic (exact) mass is 412 g/mol. The average molecular weight is 412 g/mol. The molecule has 2 aliphatic heterocycles. The molecule has 0 spiro atoms. The molecule has 0 saturated carbocycles. The number of aromatic carboxylic acids is 1. The predicted octanol–water partition coefficient (Wildman–Crippen LogP) is -0.124. The van der Waals surface area contributed by atoms with E-state index in [9.17, 15) is 29.9 Å². The molecular formula is C17H23BNO8S-. The van der Waals surface area contributed by atoms with E-state index >= 15 is 0 Å². The highest BCUT2D eigenvalue weighted by molar-refractivity contribution is 8.02. The summed E-state index contributed by atoms with van der Waals surface area (Å²) < 4.78 is 10.3. The van der Waals surface area contributed by atoms with Crippen LogP contribution < -0.4 is 9.39 Å². The van der Waals surface area contributed by atoms with Crippen LogP contribution in [0.4, 0.5) is 0 Å². The first-order valence-electron chi connectivity index (χ1n) is 9.01. The standard InChI is InChI=1S/C17H23BNO8S/c1-26-12-3-2-10-8-13(18(24,25)27-16(10)15(12)17(22)23)28-9-14(21)19-6-4-11(20)5-7-19/h2-3,11,13,20,24-25H,4-9H2,1H3,(H,22,23)/q-1/t13-/m0/s1. The molecule has 1 fully saturated rings. The molecule has 4 N–H and O–H groups in total. The normalized spacial score (nSPS) is 21.6. The number of carboxylic acid groups (broad SMARTS) is 1. The molecule has 1 aromatic rings. The van der Waals surface area contributed by atoms with E-state index in [-0.39, 0.29) is 41.2 Å². The third kappa shape index (κ3) is 4.22. The Bertz CT molecular complexity index is 766. The van der Waals surface area contributed by atoms with Crippen LogP contribution >= 0.6 is 11.8 Å². The number of amides is 1. The van der Waals surface area contributed by atoms with Gasteiger partial charge in [0, 0.05) is 13.1 Å². The predicted molar refractivity (Wildman–Crippen MR) is 103 cm³/mol. The maximum atomic E-state index is 12.4. The van der Waals surface area contributed by atoms with Gasteiger partial charge < -0.3 is 34.6 Å². The third-order valence-corrected chi connectivity index (χ3v) is 6.43. The zero-order chi connectivity index (χ0) is 20.5. The second kappa shape index (κ2) is 8.20. The number of benzene rings is 1. The molecule has 1 amide bonds. The Kier molecular flexibility index (Phi) is 6.08. The first-order chi connectivity index (χ1) is 13.2. The van der Waals surface area contributed by atoms with Gasteiger partial charge in [0.1, 0.15) is 11.3 Å². The van der Waals surface area contributed by atoms with E-state index in [0.29, 0.717) is 31.5 Å². The number of aliphatic hydroxyl groups is 1. The molecule has 1 saturated heterocycles. The zero-order valence-electron chi connectivity index (χ0n) is 15.4. The van der Waals surface area contributed by atoms with Gasteiger partial charge in [0.15, 0.2) is 0 Å². The van der Waals surface area contributed by atoms with E-state index in [1.165, 1.54) is 13.2 Å². The quantitative estimate of drug-likeness (QED) is 0.488. The van der Waals surface area contributed by atoms with Crippen LogP contribution in [0.2, 0.25) is 0 Å². The Labute approximate surface area is 166 Å². The first kappa shape index (κ1) is 20.8. The van der Waals surface area contributed by atoms with Gasteiger partial charge in [-0.15, -0.1) is 0 Å². The van der Waals surface area contributed by atoms with E-state index in [1.54, 1.807) is 11.0 Å². The maximum absolute atomic E-state index is 12.4. The Morgan fingerprint density at radius 3 is 2.61 bits per heavy atom. The van der Waals surface area contributed by atoms with Crippen molar-refractivity contribution in [1.82, 2.24) is 4.90 Å². The molecule has 0 bridgehead atoms. The second-order valence-electron chi connectivity index (χ2n) is 6.98. The molecule has 1 aromatic carbocycles. The van der Waals surface area contributed by atoms with Crippen molar-refractivity contribution in [2.45, 2.75) is 30.5 Å². The number of carbonyl (C=O) groups is 2. The van der Waals surface area contributed by atoms with E-state index in [0.717, 1.165) is 11.8 Å². The molecule has 0 radical (unpaired) electrons. The fraction of sp³-hybridized carbons (Fsp3) is 0.529. The van der Waals surface area contributed by atoms with Gasteiger partial charge in [0.05, 0.1) is 24.7 Å². The van der Waals surface area contributed by atoms with Crippen LogP contribution in [0.5, 0.6) is 11.5 Å². The summed E-state index contributed by atoms with van der Waals surface area (Å²) in [6, 6.07) is 3.11. The van der Waals surface area contributed by atoms with Gasteiger partial charge in [0.2, 0.25) is 5.91 Å². The summed E-state index contributed by atoms with van der Waals surface area (Å²) >= 11 is 1.07. The Balaban J connectivity index is 1.72. The largest absolute Gasteiger partial charge is 0.669 e. The van der Waals surface area contributed by atoms with Crippen molar-refractivity contribution in [2.24, 2.45) is 0 Å². The number of hydrogen-bond acceptors (Lipinski definition) is 8. The van der Waals surface area contributed by atoms with E-state index in [2.05, 4.69) is 0 Å². The summed E-state index contributed by atoms with van der Waals surface area (Å²) in [5, 5.41) is 38.9. The maximum Gasteiger partial charge on any atom is 0.443 e. The number of methoxy groups -OCH3 is 1. The number of ether oxygens (including phenoxy) is 1. The van der Waals surface area contributed by atoms with Crippen molar-refractivity contribution >= 4 is 30.4 Å². The molecule has 0 unspecified atom stereocenters. The van der Waals surface area contributed by atoms with Crippen LogP contribution in [0.25, 0.3) is 0 Å². The van der Waals surface area contributed by atoms with Crippen LogP contribution in [-0.2, 0) is 11.2 Å². The Morgan fingerprint density at radius 2 is 2.00 bits per heavy atom. The lowest BCUT2D eigenvalue weighted by molar-refractivity contribution is -0.130. The lowest BCUT2D eigenvalue weighted by Crippen LogP contribution is -2.56. The van der Waals surface area contributed by atoms with Crippen molar-refractivity contribution in [3.63, 3.8) is 0 Å². The molecule has 2 heterocycles. The molecule has 28 heavy (non-hydrogen) atoms. The lowest BCUT2D eigenvalue weighted by Gasteiger charge is -2.43. The Morgan fingerprint density at radius 1 is 1.32 bits per heavy atom. The number of fused-ring (bicyclic) bond motifs is 1. The number of aliphatic hydroxyl groups excluding tert-OH is 1. The minimum atomic E-state index is -3.37. The zero-order valence-corrected chi connectivity index (χ0v) is 16.2. The number of likely N-dealkylation sites (tertiary alicyclic amines) is 1. The number of nitrogens with zero attached hydrogens (tertiary/aromatic N) is 1. The molecule has 9 nitrogen and oxygen atoms in total. The highest BCUT2D eigenvalue weighted by atomic mass is 32.2. The lowest BCUT2D eigenvalue weighted by atomic mass is 9.69. The smallest absolute Gasteiger partial charge is 0.443 e. The molecule has 0 aliphatic carbocycles. The van der Waals surface area contributed by atoms with Crippen molar-refractivity contribution in [2.75, 3.05) is 26.0 Å². The molecule has 0 aromatic heterocycles. The number of hydrogen-bond donors (Lipinski definition) is 4. The van der Waals surface area contributed by atoms with Gasteiger partial charge in [-0.3, -0.25) is 4.79 Å². The van der Waals surface area contributed by atoms with Crippen molar-refractivity contribution < 1.29 is 39.2 Å². The highest BCUT2D eigenvalue weighted by Crippen LogP contribution is 2.40. The minimum Gasteiger partial charge on any atom is -0.669 e. The summed E-state index contributed by atoms with van der Waals surface area (Å²) in [4.78, 5) is 25.6. The van der Waals surface area contributed by atoms with Gasteiger partial charge >= 0.3 is 12.7 Å². The van der Waals surface area contributed by atoms with Crippen molar-refractivity contribution in [3.05, 3.63) is 23.3 Å². The van der Waals surface area contributed by atoms with Gasteiger partial charge in [-0.05, 0) is 36.0 Å². The first-order valence-corrected chi connectivity index (χ1v) is 10.1. The highest BCUT2D eigenvalue weighted by Gasteiger charge is 2.41. The fourth-order valence-electron chi connectivity index (χ4n) is 3.46. The molecule has 1 atom stereocenters. The summed E-state index contributed by atoms with van der Waals surface area (Å²) in [5.74, 6) is -1.47. The SMILES string of the molecule is COc1ccc2c(c1C(=O)O)O[B-](O)(O)[C@@H](SCC(=O)N1CCC(O)CC1)C2. The van der Waals surface area contributed by atoms with E-state index < -0.39 is 17.9 Å². The number of piperidine rings is 1. The van der Waals surface area contributed by atoms with Gasteiger partial charge in [0.25, 0.3) is 0 Å². The van der Waals surface area contributed by atoms with Crippen molar-refractivity contribution in [1.29, 1.82) is 0 Å². The molecule has 2 aliphatic rings. The Hall–Kier alpha value is -1.95. The minimum absolute atomic E-state index is 0.0337. The number of rotatable bonds is 5. The van der Waals surface area contributed by atoms with Gasteiger partial charge in [-0.2, -0.15) is 11.8 Å². The number of carbonyl (C=O) groups excluding carboxylic acids is 1. The summed E-state index contributed by atoms with van der Waals surface area (Å²) in [6.45, 7) is -2.43. The average Bonchev–Trinajstić information content (AvgIpc) is 2.64. The van der Waals surface area contributed by atoms with Gasteiger partial charge in [-0.1, -0.05) is 6.07 Å². The second-order valence-corrected chi connectivity index (χ2v) is 8.21. The third-order valence-electron chi connectivity index (χ3n) is 5.07. The molecule has 154 valence electrons. The molecule has 3 rings (SSSR count). The summed E-state index contributed by atoms with van der Waals surface area (Å²) in [6.07, 6.45) is 0.823. The van der Waals surface area contributed by atoms with E-state index in [1.807, 2.05) is 0 Å². The van der Waals surface area contributed by atoms with Crippen LogP contribution in [-0.4, -0.2) is 81.0 Å². The van der Waals surface area contributed by atoms with Crippen LogP contribution in [0.15, 0.2) is 12.1 Å². The van der Waals surface area contributed by atoms with Gasteiger partial charge in [-0.25, -0.2) is 4.79 Å². The number of carboxylic acids is 1. The van der Waals surface area contributed by atoms with Crippen molar-refractivity contribution in [3.8, 4) is 11.5 Å². The van der Waals surface area contributed by atoms with E-state index in [4.69, 9.17) is 9.39 Å². The topological polar surface area (TPSA) is 137 Å². The molecule has 11 heteroatoms.